The van der Waals surface area contributed by atoms with Crippen LogP contribution in [0.3, 0.4) is 0 Å². The number of hydrogen-bond donors (Lipinski definition) is 2. The lowest BCUT2D eigenvalue weighted by atomic mass is 9.89. The summed E-state index contributed by atoms with van der Waals surface area (Å²) in [7, 11) is 0. The molecule has 1 atom stereocenters. The normalized spacial score (nSPS) is 15.1. The lowest BCUT2D eigenvalue weighted by Crippen LogP contribution is -2.43. The fourth-order valence-corrected chi connectivity index (χ4v) is 4.11. The van der Waals surface area contributed by atoms with Crippen LogP contribution in [0.5, 0.6) is 0 Å². The van der Waals surface area contributed by atoms with Crippen LogP contribution in [0.2, 0.25) is 0 Å². The van der Waals surface area contributed by atoms with Crippen LogP contribution in [0.4, 0.5) is 10.5 Å². The summed E-state index contributed by atoms with van der Waals surface area (Å²) in [5.41, 5.74) is 4.97. The minimum Gasteiger partial charge on any atom is -0.352 e. The number of carbonyl (C=O) groups excluding carboxylic acids is 2. The molecule has 0 aliphatic carbocycles. The summed E-state index contributed by atoms with van der Waals surface area (Å²) in [6.45, 7) is 3.13. The molecule has 1 heterocycles. The molecule has 1 aliphatic rings. The third-order valence-electron chi connectivity index (χ3n) is 5.68. The molecule has 1 unspecified atom stereocenters. The third-order valence-corrected chi connectivity index (χ3v) is 5.68. The molecule has 3 amide bonds. The average molecular weight is 414 g/mol. The van der Waals surface area contributed by atoms with E-state index in [1.807, 2.05) is 36.1 Å². The number of anilines is 1. The van der Waals surface area contributed by atoms with E-state index in [2.05, 4.69) is 41.0 Å². The Hall–Kier alpha value is -3.60. The van der Waals surface area contributed by atoms with E-state index in [-0.39, 0.29) is 18.0 Å². The van der Waals surface area contributed by atoms with Crippen LogP contribution in [0.15, 0.2) is 78.9 Å². The summed E-state index contributed by atoms with van der Waals surface area (Å²) >= 11 is 0. The van der Waals surface area contributed by atoms with Gasteiger partial charge < -0.3 is 15.5 Å². The number of amides is 3. The highest BCUT2D eigenvalue weighted by Crippen LogP contribution is 2.33. The van der Waals surface area contributed by atoms with Gasteiger partial charge in [-0.25, -0.2) is 4.79 Å². The molecule has 0 saturated heterocycles. The highest BCUT2D eigenvalue weighted by Gasteiger charge is 2.30. The second-order valence-electron chi connectivity index (χ2n) is 7.71. The van der Waals surface area contributed by atoms with Gasteiger partial charge in [0.1, 0.15) is 0 Å². The highest BCUT2D eigenvalue weighted by molar-refractivity contribution is 5.95. The molecule has 5 heteroatoms. The summed E-state index contributed by atoms with van der Waals surface area (Å²) in [5, 5.41) is 5.79. The maximum absolute atomic E-state index is 13.2. The number of urea groups is 1. The van der Waals surface area contributed by atoms with E-state index < -0.39 is 0 Å². The number of fused-ring (bicyclic) bond motifs is 1. The van der Waals surface area contributed by atoms with Crippen LogP contribution in [0.25, 0.3) is 0 Å². The fourth-order valence-electron chi connectivity index (χ4n) is 4.11. The predicted octanol–water partition coefficient (Wildman–Crippen LogP) is 4.81. The first-order valence-corrected chi connectivity index (χ1v) is 10.7. The molecule has 0 spiro atoms. The molecule has 4 rings (SSSR count). The van der Waals surface area contributed by atoms with Crippen molar-refractivity contribution in [1.29, 1.82) is 0 Å². The summed E-state index contributed by atoms with van der Waals surface area (Å²) in [5.74, 6) is -0.115. The van der Waals surface area contributed by atoms with Crippen LogP contribution in [0, 0.1) is 0 Å². The first kappa shape index (κ1) is 20.7. The number of rotatable bonds is 5. The van der Waals surface area contributed by atoms with E-state index in [0.29, 0.717) is 24.3 Å². The Balaban J connectivity index is 1.53. The van der Waals surface area contributed by atoms with Crippen LogP contribution < -0.4 is 10.6 Å². The maximum Gasteiger partial charge on any atom is 0.322 e. The van der Waals surface area contributed by atoms with Gasteiger partial charge in [0.15, 0.2) is 0 Å². The van der Waals surface area contributed by atoms with Crippen molar-refractivity contribution in [3.8, 4) is 0 Å². The Morgan fingerprint density at radius 3 is 2.39 bits per heavy atom. The van der Waals surface area contributed by atoms with Crippen LogP contribution >= 0.6 is 0 Å². The zero-order valence-corrected chi connectivity index (χ0v) is 17.7. The molecule has 0 aromatic heterocycles. The van der Waals surface area contributed by atoms with Crippen molar-refractivity contribution in [2.45, 2.75) is 25.8 Å². The van der Waals surface area contributed by atoms with Gasteiger partial charge in [-0.3, -0.25) is 4.79 Å². The van der Waals surface area contributed by atoms with Gasteiger partial charge in [-0.05, 0) is 60.7 Å². The zero-order chi connectivity index (χ0) is 21.6. The van der Waals surface area contributed by atoms with Crippen molar-refractivity contribution in [2.24, 2.45) is 0 Å². The Bertz CT molecular complexity index is 1050. The van der Waals surface area contributed by atoms with Gasteiger partial charge in [-0.2, -0.15) is 0 Å². The van der Waals surface area contributed by atoms with Gasteiger partial charge in [0.2, 0.25) is 0 Å². The van der Waals surface area contributed by atoms with Crippen molar-refractivity contribution in [2.75, 3.05) is 18.4 Å². The molecule has 0 saturated carbocycles. The Morgan fingerprint density at radius 2 is 1.65 bits per heavy atom. The Kier molecular flexibility index (Phi) is 6.32. The van der Waals surface area contributed by atoms with Crippen LogP contribution in [0.1, 0.15) is 40.0 Å². The molecule has 0 bridgehead atoms. The standard InChI is InChI=1S/C26H27N3O2/c1-2-27-25(30)21-12-14-22(15-13-21)28-26(31)29-17-16-20-10-6-7-11-23(20)24(29)18-19-8-4-3-5-9-19/h3-15,24H,2,16-18H2,1H3,(H,27,30)(H,28,31). The molecule has 5 nitrogen and oxygen atoms in total. The molecule has 3 aromatic carbocycles. The van der Waals surface area contributed by atoms with E-state index >= 15 is 0 Å². The quantitative estimate of drug-likeness (QED) is 0.631. The second kappa shape index (κ2) is 9.47. The van der Waals surface area contributed by atoms with E-state index in [1.54, 1.807) is 24.3 Å². The van der Waals surface area contributed by atoms with Gasteiger partial charge in [-0.15, -0.1) is 0 Å². The molecule has 3 aromatic rings. The number of carbonyl (C=O) groups is 2. The van der Waals surface area contributed by atoms with E-state index in [9.17, 15) is 9.59 Å². The Morgan fingerprint density at radius 1 is 0.935 bits per heavy atom. The van der Waals surface area contributed by atoms with E-state index in [4.69, 9.17) is 0 Å². The van der Waals surface area contributed by atoms with Crippen molar-refractivity contribution < 1.29 is 9.59 Å². The second-order valence-corrected chi connectivity index (χ2v) is 7.71. The van der Waals surface area contributed by atoms with Gasteiger partial charge in [0.05, 0.1) is 6.04 Å². The maximum atomic E-state index is 13.2. The smallest absolute Gasteiger partial charge is 0.322 e. The van der Waals surface area contributed by atoms with E-state index in [0.717, 1.165) is 12.8 Å². The Labute approximate surface area is 183 Å². The summed E-state index contributed by atoms with van der Waals surface area (Å²) in [4.78, 5) is 27.1. The summed E-state index contributed by atoms with van der Waals surface area (Å²) in [6, 6.07) is 25.5. The fraction of sp³-hybridized carbons (Fsp3) is 0.231. The SMILES string of the molecule is CCNC(=O)c1ccc(NC(=O)N2CCc3ccccc3C2Cc2ccccc2)cc1. The first-order valence-electron chi connectivity index (χ1n) is 10.7. The third kappa shape index (κ3) is 4.77. The van der Waals surface area contributed by atoms with Crippen molar-refractivity contribution >= 4 is 17.6 Å². The minimum absolute atomic E-state index is 0.0260. The lowest BCUT2D eigenvalue weighted by Gasteiger charge is -2.37. The van der Waals surface area contributed by atoms with Crippen molar-refractivity contribution in [1.82, 2.24) is 10.2 Å². The van der Waals surface area contributed by atoms with Crippen LogP contribution in [-0.2, 0) is 12.8 Å². The number of hydrogen-bond acceptors (Lipinski definition) is 2. The van der Waals surface area contributed by atoms with Gasteiger partial charge in [0, 0.05) is 24.3 Å². The van der Waals surface area contributed by atoms with Crippen molar-refractivity contribution in [3.63, 3.8) is 0 Å². The summed E-state index contributed by atoms with van der Waals surface area (Å²) in [6.07, 6.45) is 1.60. The molecular weight excluding hydrogens is 386 g/mol. The lowest BCUT2D eigenvalue weighted by molar-refractivity contribution is 0.0956. The molecule has 31 heavy (non-hydrogen) atoms. The molecule has 158 valence electrons. The van der Waals surface area contributed by atoms with Gasteiger partial charge in [0.25, 0.3) is 5.91 Å². The average Bonchev–Trinajstić information content (AvgIpc) is 2.80. The topological polar surface area (TPSA) is 61.4 Å². The van der Waals surface area contributed by atoms with Crippen molar-refractivity contribution in [3.05, 3.63) is 101 Å². The monoisotopic (exact) mass is 413 g/mol. The molecule has 1 aliphatic heterocycles. The molecule has 2 N–H and O–H groups in total. The molecular formula is C26H27N3O2. The molecule has 0 fully saturated rings. The minimum atomic E-state index is -0.124. The number of nitrogens with zero attached hydrogens (tertiary/aromatic N) is 1. The molecule has 0 radical (unpaired) electrons. The van der Waals surface area contributed by atoms with E-state index in [1.165, 1.54) is 16.7 Å². The largest absolute Gasteiger partial charge is 0.352 e. The van der Waals surface area contributed by atoms with Crippen LogP contribution in [-0.4, -0.2) is 29.9 Å². The number of nitrogens with one attached hydrogen (secondary N) is 2. The first-order chi connectivity index (χ1) is 15.2. The van der Waals surface area contributed by atoms with Gasteiger partial charge in [-0.1, -0.05) is 54.6 Å². The predicted molar refractivity (Wildman–Crippen MR) is 123 cm³/mol. The van der Waals surface area contributed by atoms with Gasteiger partial charge >= 0.3 is 6.03 Å². The zero-order valence-electron chi connectivity index (χ0n) is 17.7. The highest BCUT2D eigenvalue weighted by atomic mass is 16.2. The number of benzene rings is 3. The summed E-state index contributed by atoms with van der Waals surface area (Å²) < 4.78 is 0.